The fourth-order valence-corrected chi connectivity index (χ4v) is 10.6. The van der Waals surface area contributed by atoms with Crippen molar-refractivity contribution in [1.82, 2.24) is 9.55 Å². The van der Waals surface area contributed by atoms with E-state index in [4.69, 9.17) is 0 Å². The molecule has 308 valence electrons. The van der Waals surface area contributed by atoms with E-state index >= 15 is 0 Å². The molecule has 0 amide bonds. The van der Waals surface area contributed by atoms with Gasteiger partial charge in [-0.15, -0.1) is 11.3 Å². The topological polar surface area (TPSA) is 44.8 Å². The summed E-state index contributed by atoms with van der Waals surface area (Å²) in [4.78, 5) is 3.48. The summed E-state index contributed by atoms with van der Waals surface area (Å²) < 4.78 is 5.11. The van der Waals surface area contributed by atoms with Crippen LogP contribution in [-0.4, -0.2) is 9.55 Å². The van der Waals surface area contributed by atoms with Gasteiger partial charge in [-0.25, -0.2) is 0 Å². The van der Waals surface area contributed by atoms with E-state index in [1.807, 2.05) is 23.5 Å². The number of hydrogen-bond acceptors (Lipinski definition) is 3. The molecule has 0 saturated carbocycles. The molecule has 10 aromatic carbocycles. The summed E-state index contributed by atoms with van der Waals surface area (Å²) in [5.41, 5.74) is 15.1. The van der Waals surface area contributed by atoms with Gasteiger partial charge in [0.1, 0.15) is 0 Å². The first-order valence-electron chi connectivity index (χ1n) is 22.0. The van der Waals surface area contributed by atoms with Crippen molar-refractivity contribution in [2.45, 2.75) is 0 Å². The second-order valence-electron chi connectivity index (χ2n) is 16.3. The van der Waals surface area contributed by atoms with Gasteiger partial charge >= 0.3 is 0 Å². The SMILES string of the molecule is c1ccc(-c2ccccc2Nc2ccc3[nH]c4ccccc4c3c2)cc1.c1ccc(Nc2ccc(-n3c4ccccc4c4c5sc6ccccc6c5ccc43)cc2-c2ccccc2)cc1. The molecule has 0 saturated heterocycles. The minimum absolute atomic E-state index is 1.08. The number of aromatic amines is 1. The first-order chi connectivity index (χ1) is 32.2. The number of para-hydroxylation sites is 4. The number of nitrogens with one attached hydrogen (secondary N) is 3. The van der Waals surface area contributed by atoms with E-state index in [2.05, 4.69) is 245 Å². The average molecular weight is 851 g/mol. The van der Waals surface area contributed by atoms with Crippen molar-refractivity contribution >= 4 is 97.9 Å². The number of benzene rings is 10. The van der Waals surface area contributed by atoms with Crippen LogP contribution in [0.15, 0.2) is 237 Å². The Hall–Kier alpha value is -8.38. The third kappa shape index (κ3) is 7.05. The van der Waals surface area contributed by atoms with Crippen molar-refractivity contribution in [3.05, 3.63) is 237 Å². The van der Waals surface area contributed by atoms with Gasteiger partial charge in [0.25, 0.3) is 0 Å². The van der Waals surface area contributed by atoms with Gasteiger partial charge in [0.2, 0.25) is 0 Å². The van der Waals surface area contributed by atoms with Crippen molar-refractivity contribution in [2.75, 3.05) is 10.6 Å². The Bertz CT molecular complexity index is 3830. The summed E-state index contributed by atoms with van der Waals surface area (Å²) in [5, 5.41) is 15.0. The van der Waals surface area contributed by atoms with E-state index in [0.717, 1.165) is 34.0 Å². The maximum absolute atomic E-state index is 3.65. The molecule has 13 aromatic rings. The lowest BCUT2D eigenvalue weighted by Gasteiger charge is -2.16. The summed E-state index contributed by atoms with van der Waals surface area (Å²) in [5.74, 6) is 0. The van der Waals surface area contributed by atoms with Crippen molar-refractivity contribution < 1.29 is 0 Å². The highest BCUT2D eigenvalue weighted by Gasteiger charge is 2.18. The summed E-state index contributed by atoms with van der Waals surface area (Å²) >= 11 is 1.89. The summed E-state index contributed by atoms with van der Waals surface area (Å²) in [7, 11) is 0. The van der Waals surface area contributed by atoms with Crippen LogP contribution in [0.4, 0.5) is 22.7 Å². The van der Waals surface area contributed by atoms with Gasteiger partial charge in [-0.3, -0.25) is 0 Å². The van der Waals surface area contributed by atoms with Gasteiger partial charge < -0.3 is 20.2 Å². The van der Waals surface area contributed by atoms with Crippen LogP contribution in [0, 0.1) is 0 Å². The number of hydrogen-bond donors (Lipinski definition) is 3. The highest BCUT2D eigenvalue weighted by molar-refractivity contribution is 7.26. The molecule has 0 aliphatic heterocycles. The molecule has 0 atom stereocenters. The van der Waals surface area contributed by atoms with Crippen LogP contribution in [0.3, 0.4) is 0 Å². The monoisotopic (exact) mass is 850 g/mol. The number of aromatic nitrogens is 2. The molecule has 0 radical (unpaired) electrons. The molecule has 0 aliphatic carbocycles. The molecule has 5 heteroatoms. The lowest BCUT2D eigenvalue weighted by molar-refractivity contribution is 1.18. The van der Waals surface area contributed by atoms with Gasteiger partial charge in [0.15, 0.2) is 0 Å². The first kappa shape index (κ1) is 38.3. The van der Waals surface area contributed by atoms with Gasteiger partial charge in [0.05, 0.1) is 11.0 Å². The zero-order valence-electron chi connectivity index (χ0n) is 35.4. The van der Waals surface area contributed by atoms with Crippen LogP contribution >= 0.6 is 11.3 Å². The third-order valence-electron chi connectivity index (χ3n) is 12.4. The summed E-state index contributed by atoms with van der Waals surface area (Å²) in [6.45, 7) is 0. The largest absolute Gasteiger partial charge is 0.355 e. The molecule has 3 aromatic heterocycles. The van der Waals surface area contributed by atoms with E-state index < -0.39 is 0 Å². The van der Waals surface area contributed by atoms with Crippen molar-refractivity contribution in [1.29, 1.82) is 0 Å². The molecule has 0 unspecified atom stereocenters. The van der Waals surface area contributed by atoms with Crippen LogP contribution in [0.2, 0.25) is 0 Å². The molecule has 65 heavy (non-hydrogen) atoms. The standard InChI is InChI=1S/C36H24N2S.C24H18N2/c1-3-11-24(12-4-1)30-23-26(19-21-31(30)37-25-13-5-2-6-14-25)38-32-17-9-7-16-29(32)35-33(38)22-20-28-27-15-8-10-18-34(27)39-36(28)35;1-2-8-17(9-3-1)19-10-4-6-12-22(19)25-18-14-15-24-21(16-18)20-11-5-7-13-23(20)26-24/h1-23,37H;1-16,25-26H. The van der Waals surface area contributed by atoms with Gasteiger partial charge in [-0.05, 0) is 90.0 Å². The van der Waals surface area contributed by atoms with Crippen LogP contribution in [0.1, 0.15) is 0 Å². The second kappa shape index (κ2) is 16.4. The molecule has 0 spiro atoms. The average Bonchev–Trinajstić information content (AvgIpc) is 4.05. The predicted molar refractivity (Wildman–Crippen MR) is 280 cm³/mol. The number of nitrogens with zero attached hydrogens (tertiary/aromatic N) is 1. The predicted octanol–water partition coefficient (Wildman–Crippen LogP) is 17.3. The number of anilines is 4. The molecule has 3 N–H and O–H groups in total. The Morgan fingerprint density at radius 1 is 0.369 bits per heavy atom. The van der Waals surface area contributed by atoms with E-state index in [-0.39, 0.29) is 0 Å². The number of thiophene rings is 1. The van der Waals surface area contributed by atoms with Crippen molar-refractivity contribution in [2.24, 2.45) is 0 Å². The van der Waals surface area contributed by atoms with Crippen LogP contribution in [-0.2, 0) is 0 Å². The van der Waals surface area contributed by atoms with E-state index in [1.54, 1.807) is 0 Å². The zero-order chi connectivity index (χ0) is 43.1. The smallest absolute Gasteiger partial charge is 0.0555 e. The maximum atomic E-state index is 3.65. The van der Waals surface area contributed by atoms with Crippen LogP contribution < -0.4 is 10.6 Å². The van der Waals surface area contributed by atoms with Crippen molar-refractivity contribution in [3.63, 3.8) is 0 Å². The number of H-pyrrole nitrogens is 1. The minimum atomic E-state index is 1.08. The number of fused-ring (bicyclic) bond motifs is 10. The molecule has 3 heterocycles. The van der Waals surface area contributed by atoms with Crippen LogP contribution in [0.25, 0.3) is 91.7 Å². The first-order valence-corrected chi connectivity index (χ1v) is 22.8. The summed E-state index contributed by atoms with van der Waals surface area (Å²) in [6, 6.07) is 83.7. The lowest BCUT2D eigenvalue weighted by Crippen LogP contribution is -1.98. The maximum Gasteiger partial charge on any atom is 0.0555 e. The molecular weight excluding hydrogens is 809 g/mol. The van der Waals surface area contributed by atoms with Gasteiger partial charge in [-0.2, -0.15) is 0 Å². The van der Waals surface area contributed by atoms with E-state index in [1.165, 1.54) is 80.5 Å². The fraction of sp³-hybridized carbons (Fsp3) is 0. The molecule has 0 aliphatic rings. The summed E-state index contributed by atoms with van der Waals surface area (Å²) in [6.07, 6.45) is 0. The Morgan fingerprint density at radius 2 is 0.985 bits per heavy atom. The normalized spacial score (nSPS) is 11.4. The Kier molecular flexibility index (Phi) is 9.66. The van der Waals surface area contributed by atoms with E-state index in [0.29, 0.717) is 0 Å². The fourth-order valence-electron chi connectivity index (χ4n) is 9.37. The molecule has 4 nitrogen and oxygen atoms in total. The zero-order valence-corrected chi connectivity index (χ0v) is 36.2. The minimum Gasteiger partial charge on any atom is -0.355 e. The van der Waals surface area contributed by atoms with Gasteiger partial charge in [-0.1, -0.05) is 158 Å². The highest BCUT2D eigenvalue weighted by atomic mass is 32.1. The van der Waals surface area contributed by atoms with E-state index in [9.17, 15) is 0 Å². The Labute approximate surface area is 380 Å². The number of rotatable bonds is 7. The molecule has 13 rings (SSSR count). The van der Waals surface area contributed by atoms with Crippen molar-refractivity contribution in [3.8, 4) is 27.9 Å². The molecule has 0 fully saturated rings. The molecule has 0 bridgehead atoms. The lowest BCUT2D eigenvalue weighted by atomic mass is 10.0. The Morgan fingerprint density at radius 3 is 1.80 bits per heavy atom. The second-order valence-corrected chi connectivity index (χ2v) is 17.4. The molecular formula is C60H42N4S. The highest BCUT2D eigenvalue weighted by Crippen LogP contribution is 2.44. The Balaban J connectivity index is 0.000000148. The quantitative estimate of drug-likeness (QED) is 0.150. The van der Waals surface area contributed by atoms with Crippen LogP contribution in [0.5, 0.6) is 0 Å². The third-order valence-corrected chi connectivity index (χ3v) is 13.6. The van der Waals surface area contributed by atoms with Gasteiger partial charge in [0, 0.05) is 92.3 Å².